The summed E-state index contributed by atoms with van der Waals surface area (Å²) in [6.45, 7) is 5.56. The third-order valence-corrected chi connectivity index (χ3v) is 5.72. The number of rotatable bonds is 7. The van der Waals surface area contributed by atoms with E-state index in [0.717, 1.165) is 38.5 Å². The molecule has 7 nitrogen and oxygen atoms in total. The van der Waals surface area contributed by atoms with Crippen LogP contribution in [0.2, 0.25) is 0 Å². The second-order valence-corrected chi connectivity index (χ2v) is 8.60. The molecule has 2 N–H and O–H groups in total. The number of nitrogens with zero attached hydrogens (tertiary/aromatic N) is 1. The topological polar surface area (TPSA) is 89.4 Å². The predicted octanol–water partition coefficient (Wildman–Crippen LogP) is 2.65. The lowest BCUT2D eigenvalue weighted by atomic mass is 9.95. The van der Waals surface area contributed by atoms with Gasteiger partial charge < -0.3 is 19.9 Å². The summed E-state index contributed by atoms with van der Waals surface area (Å²) >= 11 is 0. The van der Waals surface area contributed by atoms with Gasteiger partial charge in [-0.05, 0) is 31.6 Å². The van der Waals surface area contributed by atoms with Gasteiger partial charge in [0.05, 0.1) is 6.10 Å². The number of pyridine rings is 1. The first-order chi connectivity index (χ1) is 14.0. The zero-order valence-corrected chi connectivity index (χ0v) is 17.5. The maximum Gasteiger partial charge on any atom is 0.256 e. The Morgan fingerprint density at radius 2 is 1.69 bits per heavy atom. The molecule has 2 amide bonds. The summed E-state index contributed by atoms with van der Waals surface area (Å²) in [6.07, 6.45) is 10.6. The number of amides is 2. The zero-order valence-electron chi connectivity index (χ0n) is 17.5. The third kappa shape index (κ3) is 5.69. The Bertz CT molecular complexity index is 775. The molecule has 160 valence electrons. The van der Waals surface area contributed by atoms with Crippen molar-refractivity contribution in [2.45, 2.75) is 70.9 Å². The van der Waals surface area contributed by atoms with Gasteiger partial charge in [-0.25, -0.2) is 0 Å². The molecule has 1 saturated heterocycles. The fraction of sp³-hybridized carbons (Fsp3) is 0.682. The average Bonchev–Trinajstić information content (AvgIpc) is 3.24. The average molecular weight is 404 g/mol. The monoisotopic (exact) mass is 403 g/mol. The van der Waals surface area contributed by atoms with E-state index < -0.39 is 17.2 Å². The molecule has 2 fully saturated rings. The van der Waals surface area contributed by atoms with Crippen molar-refractivity contribution in [2.24, 2.45) is 5.92 Å². The Kier molecular flexibility index (Phi) is 7.47. The van der Waals surface area contributed by atoms with Crippen LogP contribution in [0.25, 0.3) is 0 Å². The fourth-order valence-corrected chi connectivity index (χ4v) is 4.01. The van der Waals surface area contributed by atoms with Crippen molar-refractivity contribution in [3.8, 4) is 0 Å². The Hall–Kier alpha value is -2.15. The van der Waals surface area contributed by atoms with Crippen molar-refractivity contribution in [1.29, 1.82) is 0 Å². The van der Waals surface area contributed by atoms with Gasteiger partial charge in [0, 0.05) is 38.1 Å². The first kappa shape index (κ1) is 21.6. The Labute approximate surface area is 172 Å². The van der Waals surface area contributed by atoms with Crippen LogP contribution in [0.5, 0.6) is 0 Å². The molecule has 0 aromatic carbocycles. The van der Waals surface area contributed by atoms with Crippen LogP contribution in [-0.2, 0) is 4.74 Å². The zero-order chi connectivity index (χ0) is 20.8. The molecule has 7 heteroatoms. The molecule has 29 heavy (non-hydrogen) atoms. The smallest absolute Gasteiger partial charge is 0.256 e. The van der Waals surface area contributed by atoms with Gasteiger partial charge in [-0.1, -0.05) is 33.1 Å². The van der Waals surface area contributed by atoms with E-state index in [1.807, 2.05) is 18.4 Å². The van der Waals surface area contributed by atoms with Crippen LogP contribution in [0, 0.1) is 5.92 Å². The van der Waals surface area contributed by atoms with Crippen molar-refractivity contribution in [1.82, 2.24) is 15.2 Å². The summed E-state index contributed by atoms with van der Waals surface area (Å²) in [7, 11) is 0. The van der Waals surface area contributed by atoms with E-state index >= 15 is 0 Å². The highest BCUT2D eigenvalue weighted by Gasteiger charge is 2.24. The van der Waals surface area contributed by atoms with Gasteiger partial charge in [0.15, 0.2) is 0 Å². The molecule has 3 rings (SSSR count). The molecule has 1 aliphatic carbocycles. The molecule has 1 aliphatic heterocycles. The van der Waals surface area contributed by atoms with E-state index in [0.29, 0.717) is 19.7 Å². The number of nitrogens with one attached hydrogen (secondary N) is 2. The summed E-state index contributed by atoms with van der Waals surface area (Å²) < 4.78 is 7.45. The molecule has 1 atom stereocenters. The Morgan fingerprint density at radius 3 is 2.28 bits per heavy atom. The molecule has 0 radical (unpaired) electrons. The normalized spacial score (nSPS) is 20.0. The SMILES string of the molecule is CC(C)CNC(=O)c1cn(C2CCCCC2)cc(C(=O)NC[C@H]2CCCO2)c1=O. The second kappa shape index (κ2) is 10.1. The fourth-order valence-electron chi connectivity index (χ4n) is 4.01. The van der Waals surface area contributed by atoms with Gasteiger partial charge in [0.1, 0.15) is 11.1 Å². The lowest BCUT2D eigenvalue weighted by Gasteiger charge is -2.25. The largest absolute Gasteiger partial charge is 0.376 e. The summed E-state index contributed by atoms with van der Waals surface area (Å²) in [5.41, 5.74) is -0.435. The van der Waals surface area contributed by atoms with Crippen molar-refractivity contribution in [3.63, 3.8) is 0 Å². The van der Waals surface area contributed by atoms with E-state index in [1.54, 1.807) is 12.4 Å². The second-order valence-electron chi connectivity index (χ2n) is 8.60. The van der Waals surface area contributed by atoms with Crippen LogP contribution in [0.4, 0.5) is 0 Å². The van der Waals surface area contributed by atoms with E-state index in [2.05, 4.69) is 10.6 Å². The Morgan fingerprint density at radius 1 is 1.03 bits per heavy atom. The standard InChI is InChI=1S/C22H33N3O4/c1-15(2)11-23-21(27)18-13-25(16-7-4-3-5-8-16)14-19(20(18)26)22(28)24-12-17-9-6-10-29-17/h13-17H,3-12H2,1-2H3,(H,23,27)(H,24,28)/t17-/m1/s1. The lowest BCUT2D eigenvalue weighted by Crippen LogP contribution is -2.38. The van der Waals surface area contributed by atoms with Crippen molar-refractivity contribution in [3.05, 3.63) is 33.7 Å². The number of aromatic nitrogens is 1. The van der Waals surface area contributed by atoms with E-state index in [9.17, 15) is 14.4 Å². The van der Waals surface area contributed by atoms with Crippen LogP contribution in [0.3, 0.4) is 0 Å². The van der Waals surface area contributed by atoms with Gasteiger partial charge in [-0.3, -0.25) is 14.4 Å². The minimum Gasteiger partial charge on any atom is -0.376 e. The highest BCUT2D eigenvalue weighted by atomic mass is 16.5. The van der Waals surface area contributed by atoms with E-state index in [4.69, 9.17) is 4.74 Å². The maximum atomic E-state index is 13.0. The summed E-state index contributed by atoms with van der Waals surface area (Å²) in [5, 5.41) is 5.63. The highest BCUT2D eigenvalue weighted by molar-refractivity contribution is 5.99. The first-order valence-electron chi connectivity index (χ1n) is 10.9. The van der Waals surface area contributed by atoms with Crippen LogP contribution in [0.1, 0.15) is 85.6 Å². The molecule has 1 aromatic heterocycles. The maximum absolute atomic E-state index is 13.0. The van der Waals surface area contributed by atoms with Gasteiger partial charge in [0.25, 0.3) is 11.8 Å². The first-order valence-corrected chi connectivity index (χ1v) is 10.9. The number of ether oxygens (including phenoxy) is 1. The van der Waals surface area contributed by atoms with Crippen molar-refractivity contribution in [2.75, 3.05) is 19.7 Å². The van der Waals surface area contributed by atoms with E-state index in [-0.39, 0.29) is 29.2 Å². The summed E-state index contributed by atoms with van der Waals surface area (Å²) in [5.74, 6) is -0.576. The number of carbonyl (C=O) groups is 2. The molecule has 0 bridgehead atoms. The summed E-state index contributed by atoms with van der Waals surface area (Å²) in [6, 6.07) is 0.214. The van der Waals surface area contributed by atoms with Gasteiger partial charge >= 0.3 is 0 Å². The van der Waals surface area contributed by atoms with Crippen LogP contribution >= 0.6 is 0 Å². The van der Waals surface area contributed by atoms with Crippen molar-refractivity contribution < 1.29 is 14.3 Å². The minimum absolute atomic E-state index is 0.00274. The van der Waals surface area contributed by atoms with Gasteiger partial charge in [-0.2, -0.15) is 0 Å². The number of carbonyl (C=O) groups excluding carboxylic acids is 2. The highest BCUT2D eigenvalue weighted by Crippen LogP contribution is 2.28. The summed E-state index contributed by atoms with van der Waals surface area (Å²) in [4.78, 5) is 38.4. The quantitative estimate of drug-likeness (QED) is 0.732. The molecular weight excluding hydrogens is 370 g/mol. The van der Waals surface area contributed by atoms with Gasteiger partial charge in [0.2, 0.25) is 5.43 Å². The van der Waals surface area contributed by atoms with Crippen LogP contribution < -0.4 is 16.1 Å². The molecular formula is C22H33N3O4. The molecule has 1 saturated carbocycles. The Balaban J connectivity index is 1.85. The van der Waals surface area contributed by atoms with Crippen LogP contribution in [-0.4, -0.2) is 42.2 Å². The molecule has 1 aromatic rings. The third-order valence-electron chi connectivity index (χ3n) is 5.72. The molecule has 0 unspecified atom stereocenters. The number of hydrogen-bond donors (Lipinski definition) is 2. The predicted molar refractivity (Wildman–Crippen MR) is 111 cm³/mol. The molecule has 0 spiro atoms. The van der Waals surface area contributed by atoms with Crippen molar-refractivity contribution >= 4 is 11.8 Å². The lowest BCUT2D eigenvalue weighted by molar-refractivity contribution is 0.0856. The van der Waals surface area contributed by atoms with E-state index in [1.165, 1.54) is 6.42 Å². The number of hydrogen-bond acceptors (Lipinski definition) is 4. The molecule has 2 aliphatic rings. The minimum atomic E-state index is -0.511. The van der Waals surface area contributed by atoms with Crippen LogP contribution in [0.15, 0.2) is 17.2 Å². The molecule has 2 heterocycles. The van der Waals surface area contributed by atoms with Gasteiger partial charge in [-0.15, -0.1) is 0 Å².